The molecule has 2 N–H and O–H groups in total. The summed E-state index contributed by atoms with van der Waals surface area (Å²) in [6.07, 6.45) is 3.05. The average molecular weight is 487 g/mol. The van der Waals surface area contributed by atoms with E-state index in [9.17, 15) is 9.90 Å². The van der Waals surface area contributed by atoms with Crippen LogP contribution in [-0.4, -0.2) is 32.3 Å². The number of alkyl halides is 3. The maximum atomic E-state index is 13.1. The van der Waals surface area contributed by atoms with Gasteiger partial charge in [0.1, 0.15) is 11.3 Å². The van der Waals surface area contributed by atoms with E-state index < -0.39 is 16.5 Å². The van der Waals surface area contributed by atoms with Gasteiger partial charge in [-0.1, -0.05) is 95.5 Å². The largest absolute Gasteiger partial charge is 0.512 e. The summed E-state index contributed by atoms with van der Waals surface area (Å²) < 4.78 is -2.09. The van der Waals surface area contributed by atoms with Gasteiger partial charge in [0.05, 0.1) is 5.71 Å². The molecule has 0 aliphatic heterocycles. The van der Waals surface area contributed by atoms with E-state index in [1.54, 1.807) is 12.1 Å². The van der Waals surface area contributed by atoms with Gasteiger partial charge >= 0.3 is 6.85 Å². The Bertz CT molecular complexity index is 1080. The Morgan fingerprint density at radius 1 is 0.938 bits per heavy atom. The van der Waals surface area contributed by atoms with Gasteiger partial charge in [-0.2, -0.15) is 0 Å². The van der Waals surface area contributed by atoms with E-state index >= 15 is 0 Å². The molecule has 0 radical (unpaired) electrons. The van der Waals surface area contributed by atoms with Gasteiger partial charge in [-0.05, 0) is 30.0 Å². The summed E-state index contributed by atoms with van der Waals surface area (Å²) in [5.41, 5.74) is 1.73. The molecule has 9 heteroatoms. The standard InChI is InChI=1S/C23H19BCl3N3O2/c1-16(31)20(22(32)29-19-12-14-28-15-13-19)21(23(25,26)27)30-24(17-8-4-2-5-9-17)18-10-6-3-7-11-18/h2-15,31H,1H3,(H,28,29,32). The molecule has 3 aromatic rings. The first-order valence-electron chi connectivity index (χ1n) is 9.64. The lowest BCUT2D eigenvalue weighted by Gasteiger charge is -2.21. The number of allylic oxidation sites excluding steroid dienone is 1. The van der Waals surface area contributed by atoms with E-state index in [-0.39, 0.29) is 17.0 Å². The van der Waals surface area contributed by atoms with Gasteiger partial charge in [-0.25, -0.2) is 0 Å². The van der Waals surface area contributed by atoms with Crippen LogP contribution in [0.1, 0.15) is 6.92 Å². The second kappa shape index (κ2) is 10.7. The highest BCUT2D eigenvalue weighted by Crippen LogP contribution is 2.33. The molecule has 3 rings (SSSR count). The Balaban J connectivity index is 2.13. The number of halogens is 3. The van der Waals surface area contributed by atoms with Crippen molar-refractivity contribution in [1.29, 1.82) is 0 Å². The Morgan fingerprint density at radius 2 is 1.44 bits per heavy atom. The fourth-order valence-corrected chi connectivity index (χ4v) is 3.52. The third kappa shape index (κ3) is 6.13. The second-order valence-electron chi connectivity index (χ2n) is 6.85. The first-order valence-corrected chi connectivity index (χ1v) is 10.8. The van der Waals surface area contributed by atoms with Crippen molar-refractivity contribution in [1.82, 2.24) is 4.98 Å². The lowest BCUT2D eigenvalue weighted by molar-refractivity contribution is -0.112. The van der Waals surface area contributed by atoms with E-state index in [1.165, 1.54) is 19.3 Å². The molecule has 0 saturated heterocycles. The summed E-state index contributed by atoms with van der Waals surface area (Å²) in [5.74, 6) is -0.998. The smallest absolute Gasteiger partial charge is 0.344 e. The van der Waals surface area contributed by atoms with Crippen LogP contribution in [0.25, 0.3) is 0 Å². The Hall–Kier alpha value is -2.80. The lowest BCUT2D eigenvalue weighted by atomic mass is 9.51. The predicted octanol–water partition coefficient (Wildman–Crippen LogP) is 4.47. The van der Waals surface area contributed by atoms with Crippen molar-refractivity contribution in [3.05, 3.63) is 96.5 Å². The van der Waals surface area contributed by atoms with Gasteiger partial charge < -0.3 is 15.3 Å². The van der Waals surface area contributed by atoms with Crippen LogP contribution in [-0.2, 0) is 4.79 Å². The van der Waals surface area contributed by atoms with Gasteiger partial charge in [0.15, 0.2) is 0 Å². The number of rotatable bonds is 6. The number of aliphatic hydroxyl groups excluding tert-OH is 1. The minimum atomic E-state index is -2.09. The maximum Gasteiger partial charge on any atom is 0.344 e. The fourth-order valence-electron chi connectivity index (χ4n) is 3.09. The topological polar surface area (TPSA) is 74.6 Å². The van der Waals surface area contributed by atoms with Crippen molar-refractivity contribution in [2.75, 3.05) is 5.32 Å². The molecular weight excluding hydrogens is 467 g/mol. The molecule has 32 heavy (non-hydrogen) atoms. The molecular formula is C23H19BCl3N3O2. The summed E-state index contributed by atoms with van der Waals surface area (Å²) in [5, 5.41) is 13.1. The van der Waals surface area contributed by atoms with Crippen molar-refractivity contribution in [2.45, 2.75) is 10.7 Å². The Kier molecular flexibility index (Phi) is 7.97. The van der Waals surface area contributed by atoms with Gasteiger partial charge in [0.2, 0.25) is 3.79 Å². The number of hydrogen-bond donors (Lipinski definition) is 2. The summed E-state index contributed by atoms with van der Waals surface area (Å²) in [6.45, 7) is 0.763. The zero-order valence-corrected chi connectivity index (χ0v) is 19.3. The van der Waals surface area contributed by atoms with Gasteiger partial charge in [-0.3, -0.25) is 9.78 Å². The zero-order chi connectivity index (χ0) is 23.1. The van der Waals surface area contributed by atoms with Crippen LogP contribution in [0, 0.1) is 0 Å². The van der Waals surface area contributed by atoms with Crippen LogP contribution < -0.4 is 16.2 Å². The maximum absolute atomic E-state index is 13.1. The molecule has 0 unspecified atom stereocenters. The number of aromatic nitrogens is 1. The third-order valence-electron chi connectivity index (χ3n) is 4.52. The van der Waals surface area contributed by atoms with E-state index in [0.717, 1.165) is 10.9 Å². The number of carbonyl (C=O) groups excluding carboxylic acids is 1. The van der Waals surface area contributed by atoms with Crippen molar-refractivity contribution in [2.24, 2.45) is 4.90 Å². The van der Waals surface area contributed by atoms with Crippen LogP contribution in [0.4, 0.5) is 5.69 Å². The molecule has 162 valence electrons. The van der Waals surface area contributed by atoms with E-state index in [1.807, 2.05) is 60.7 Å². The number of aliphatic hydroxyl groups is 1. The highest BCUT2D eigenvalue weighted by Gasteiger charge is 2.37. The first kappa shape index (κ1) is 23.9. The summed E-state index contributed by atoms with van der Waals surface area (Å²) in [6, 6.07) is 22.0. The number of anilines is 1. The van der Waals surface area contributed by atoms with Crippen LogP contribution in [0.2, 0.25) is 0 Å². The molecule has 0 aliphatic rings. The summed E-state index contributed by atoms with van der Waals surface area (Å²) in [4.78, 5) is 21.7. The number of nitrogens with zero attached hydrogens (tertiary/aromatic N) is 2. The molecule has 0 atom stereocenters. The SMILES string of the molecule is CC(O)=C(C(=O)Nc1ccncc1)C(=NB(c1ccccc1)c1ccccc1)C(Cl)(Cl)Cl. The number of benzene rings is 2. The molecule has 1 heterocycles. The molecule has 1 aromatic heterocycles. The van der Waals surface area contributed by atoms with Crippen molar-refractivity contribution >= 4 is 69.9 Å². The molecule has 2 aromatic carbocycles. The van der Waals surface area contributed by atoms with Crippen LogP contribution in [0.15, 0.2) is 101 Å². The molecule has 0 bridgehead atoms. The molecule has 1 amide bonds. The van der Waals surface area contributed by atoms with Crippen LogP contribution >= 0.6 is 34.8 Å². The summed E-state index contributed by atoms with van der Waals surface area (Å²) in [7, 11) is 0. The van der Waals surface area contributed by atoms with Crippen molar-refractivity contribution in [3.63, 3.8) is 0 Å². The number of amides is 1. The van der Waals surface area contributed by atoms with Crippen LogP contribution in [0.3, 0.4) is 0 Å². The number of hydrogen-bond acceptors (Lipinski definition) is 4. The normalized spacial score (nSPS) is 12.7. The minimum absolute atomic E-state index is 0.174. The molecule has 0 fully saturated rings. The highest BCUT2D eigenvalue weighted by atomic mass is 35.6. The van der Waals surface area contributed by atoms with Gasteiger partial charge in [-0.15, -0.1) is 0 Å². The second-order valence-corrected chi connectivity index (χ2v) is 9.13. The zero-order valence-electron chi connectivity index (χ0n) is 17.0. The highest BCUT2D eigenvalue weighted by molar-refractivity contribution is 6.87. The number of nitrogens with one attached hydrogen (secondary N) is 1. The Morgan fingerprint density at radius 3 is 1.88 bits per heavy atom. The van der Waals surface area contributed by atoms with Gasteiger partial charge in [0, 0.05) is 18.1 Å². The van der Waals surface area contributed by atoms with E-state index in [2.05, 4.69) is 10.3 Å². The van der Waals surface area contributed by atoms with Crippen molar-refractivity contribution < 1.29 is 9.90 Å². The minimum Gasteiger partial charge on any atom is -0.512 e. The lowest BCUT2D eigenvalue weighted by Crippen LogP contribution is -2.43. The summed E-state index contributed by atoms with van der Waals surface area (Å²) >= 11 is 18.8. The van der Waals surface area contributed by atoms with E-state index in [0.29, 0.717) is 5.69 Å². The quantitative estimate of drug-likeness (QED) is 0.178. The third-order valence-corrected chi connectivity index (χ3v) is 5.06. The molecule has 0 saturated carbocycles. The molecule has 0 aliphatic carbocycles. The van der Waals surface area contributed by atoms with Crippen LogP contribution in [0.5, 0.6) is 0 Å². The monoisotopic (exact) mass is 485 g/mol. The number of pyridine rings is 1. The number of carbonyl (C=O) groups is 1. The average Bonchev–Trinajstić information content (AvgIpc) is 2.77. The fraction of sp³-hybridized carbons (Fsp3) is 0.0870. The van der Waals surface area contributed by atoms with E-state index in [4.69, 9.17) is 39.7 Å². The molecule has 5 nitrogen and oxygen atoms in total. The Labute approximate surface area is 201 Å². The first-order chi connectivity index (χ1) is 15.3. The van der Waals surface area contributed by atoms with Gasteiger partial charge in [0.25, 0.3) is 5.91 Å². The molecule has 0 spiro atoms. The predicted molar refractivity (Wildman–Crippen MR) is 134 cm³/mol. The van der Waals surface area contributed by atoms with Crippen molar-refractivity contribution in [3.8, 4) is 0 Å².